The highest BCUT2D eigenvalue weighted by Gasteiger charge is 2.02. The van der Waals surface area contributed by atoms with E-state index in [0.717, 1.165) is 12.2 Å². The van der Waals surface area contributed by atoms with Gasteiger partial charge in [0.15, 0.2) is 0 Å². The minimum absolute atomic E-state index is 0.642. The number of hydrogen-bond donors (Lipinski definition) is 0. The van der Waals surface area contributed by atoms with E-state index in [1.807, 2.05) is 13.0 Å². The molecule has 13 heavy (non-hydrogen) atoms. The molecule has 0 spiro atoms. The molecule has 0 aliphatic heterocycles. The van der Waals surface area contributed by atoms with Gasteiger partial charge in [0.25, 0.3) is 0 Å². The average Bonchev–Trinajstić information content (AvgIpc) is 2.10. The normalized spacial score (nSPS) is 10.1. The Morgan fingerprint density at radius 1 is 1.38 bits per heavy atom. The van der Waals surface area contributed by atoms with Crippen LogP contribution in [-0.2, 0) is 6.42 Å². The average molecular weight is 199 g/mol. The van der Waals surface area contributed by atoms with Gasteiger partial charge in [-0.3, -0.25) is 0 Å². The van der Waals surface area contributed by atoms with Crippen molar-refractivity contribution in [2.24, 2.45) is 0 Å². The molecule has 0 heterocycles. The van der Waals surface area contributed by atoms with Crippen molar-refractivity contribution in [1.82, 2.24) is 0 Å². The second kappa shape index (κ2) is 5.13. The molecule has 1 aromatic carbocycles. The Morgan fingerprint density at radius 2 is 2.15 bits per heavy atom. The van der Waals surface area contributed by atoms with Gasteiger partial charge in [0.2, 0.25) is 0 Å². The summed E-state index contributed by atoms with van der Waals surface area (Å²) in [4.78, 5) is 0. The topological polar surface area (TPSA) is 9.23 Å². The van der Waals surface area contributed by atoms with Crippen molar-refractivity contribution in [1.29, 1.82) is 0 Å². The minimum Gasteiger partial charge on any atom is -0.494 e. The molecule has 0 amide bonds. The molecule has 72 valence electrons. The highest BCUT2D eigenvalue weighted by Crippen LogP contribution is 2.20. The van der Waals surface area contributed by atoms with Gasteiger partial charge >= 0.3 is 0 Å². The van der Waals surface area contributed by atoms with Crippen LogP contribution in [0.3, 0.4) is 0 Å². The van der Waals surface area contributed by atoms with Crippen LogP contribution in [0.4, 0.5) is 0 Å². The predicted molar refractivity (Wildman–Crippen MR) is 56.8 cm³/mol. The molecule has 1 aromatic rings. The van der Waals surface area contributed by atoms with Crippen LogP contribution in [0.1, 0.15) is 18.1 Å². The van der Waals surface area contributed by atoms with Crippen LogP contribution in [0.15, 0.2) is 18.2 Å². The number of benzene rings is 1. The van der Waals surface area contributed by atoms with Gasteiger partial charge in [0.1, 0.15) is 5.75 Å². The third-order valence-corrected chi connectivity index (χ3v) is 2.07. The number of aryl methyl sites for hydroxylation is 2. The highest BCUT2D eigenvalue weighted by molar-refractivity contribution is 6.18. The van der Waals surface area contributed by atoms with Crippen LogP contribution in [0, 0.1) is 6.92 Å². The molecule has 0 aliphatic carbocycles. The standard InChI is InChI=1S/C11H15ClO/c1-3-13-11-5-4-9(2)8-10(11)6-7-12/h4-5,8H,3,6-7H2,1-2H3. The summed E-state index contributed by atoms with van der Waals surface area (Å²) in [6.45, 7) is 4.77. The van der Waals surface area contributed by atoms with E-state index in [1.165, 1.54) is 11.1 Å². The Bertz CT molecular complexity index is 271. The summed E-state index contributed by atoms with van der Waals surface area (Å²) in [7, 11) is 0. The molecule has 0 unspecified atom stereocenters. The Morgan fingerprint density at radius 3 is 2.77 bits per heavy atom. The van der Waals surface area contributed by atoms with E-state index < -0.39 is 0 Å². The second-order valence-corrected chi connectivity index (χ2v) is 3.36. The van der Waals surface area contributed by atoms with Gasteiger partial charge < -0.3 is 4.74 Å². The molecule has 0 fully saturated rings. The summed E-state index contributed by atoms with van der Waals surface area (Å²) in [5.74, 6) is 1.61. The lowest BCUT2D eigenvalue weighted by Gasteiger charge is -2.09. The van der Waals surface area contributed by atoms with Crippen molar-refractivity contribution < 1.29 is 4.74 Å². The van der Waals surface area contributed by atoms with Gasteiger partial charge in [-0.05, 0) is 31.9 Å². The van der Waals surface area contributed by atoms with Crippen molar-refractivity contribution >= 4 is 11.6 Å². The molecule has 0 atom stereocenters. The van der Waals surface area contributed by atoms with Crippen molar-refractivity contribution in [2.45, 2.75) is 20.3 Å². The fourth-order valence-electron chi connectivity index (χ4n) is 1.30. The molecule has 0 saturated carbocycles. The van der Waals surface area contributed by atoms with Gasteiger partial charge in [-0.25, -0.2) is 0 Å². The lowest BCUT2D eigenvalue weighted by molar-refractivity contribution is 0.337. The fourth-order valence-corrected chi connectivity index (χ4v) is 1.51. The summed E-state index contributed by atoms with van der Waals surface area (Å²) in [6, 6.07) is 6.21. The summed E-state index contributed by atoms with van der Waals surface area (Å²) < 4.78 is 5.49. The second-order valence-electron chi connectivity index (χ2n) is 2.98. The van der Waals surface area contributed by atoms with E-state index >= 15 is 0 Å². The lowest BCUT2D eigenvalue weighted by Crippen LogP contribution is -1.97. The molecular formula is C11H15ClO. The monoisotopic (exact) mass is 198 g/mol. The van der Waals surface area contributed by atoms with Crippen molar-refractivity contribution in [2.75, 3.05) is 12.5 Å². The first-order valence-electron chi connectivity index (χ1n) is 4.56. The van der Waals surface area contributed by atoms with Crippen LogP contribution in [-0.4, -0.2) is 12.5 Å². The van der Waals surface area contributed by atoms with Crippen molar-refractivity contribution in [3.63, 3.8) is 0 Å². The van der Waals surface area contributed by atoms with Crippen LogP contribution in [0.5, 0.6) is 5.75 Å². The maximum atomic E-state index is 5.70. The van der Waals surface area contributed by atoms with Crippen LogP contribution in [0.25, 0.3) is 0 Å². The van der Waals surface area contributed by atoms with E-state index in [9.17, 15) is 0 Å². The van der Waals surface area contributed by atoms with E-state index in [-0.39, 0.29) is 0 Å². The van der Waals surface area contributed by atoms with Gasteiger partial charge in [-0.1, -0.05) is 17.7 Å². The molecule has 0 N–H and O–H groups in total. The molecule has 0 aromatic heterocycles. The van der Waals surface area contributed by atoms with E-state index in [0.29, 0.717) is 12.5 Å². The summed E-state index contributed by atoms with van der Waals surface area (Å²) in [6.07, 6.45) is 0.874. The third-order valence-electron chi connectivity index (χ3n) is 1.88. The lowest BCUT2D eigenvalue weighted by atomic mass is 10.1. The zero-order valence-corrected chi connectivity index (χ0v) is 8.90. The third kappa shape index (κ3) is 2.92. The predicted octanol–water partition coefficient (Wildman–Crippen LogP) is 3.18. The van der Waals surface area contributed by atoms with E-state index in [4.69, 9.17) is 16.3 Å². The summed E-state index contributed by atoms with van der Waals surface area (Å²) >= 11 is 5.70. The SMILES string of the molecule is CCOc1ccc(C)cc1CCCl. The zero-order valence-electron chi connectivity index (χ0n) is 8.14. The Kier molecular flexibility index (Phi) is 4.10. The Hall–Kier alpha value is -0.690. The number of ether oxygens (including phenoxy) is 1. The molecule has 0 saturated heterocycles. The van der Waals surface area contributed by atoms with Gasteiger partial charge in [-0.2, -0.15) is 0 Å². The minimum atomic E-state index is 0.642. The van der Waals surface area contributed by atoms with Gasteiger partial charge in [0.05, 0.1) is 6.61 Å². The van der Waals surface area contributed by atoms with Crippen LogP contribution >= 0.6 is 11.6 Å². The van der Waals surface area contributed by atoms with E-state index in [1.54, 1.807) is 0 Å². The molecule has 2 heteroatoms. The first-order valence-corrected chi connectivity index (χ1v) is 5.09. The molecule has 1 nitrogen and oxygen atoms in total. The maximum absolute atomic E-state index is 5.70. The quantitative estimate of drug-likeness (QED) is 0.676. The smallest absolute Gasteiger partial charge is 0.122 e. The first-order chi connectivity index (χ1) is 6.27. The van der Waals surface area contributed by atoms with Gasteiger partial charge in [0, 0.05) is 5.88 Å². The van der Waals surface area contributed by atoms with Gasteiger partial charge in [-0.15, -0.1) is 11.6 Å². The fraction of sp³-hybridized carbons (Fsp3) is 0.455. The maximum Gasteiger partial charge on any atom is 0.122 e. The van der Waals surface area contributed by atoms with E-state index in [2.05, 4.69) is 19.1 Å². The van der Waals surface area contributed by atoms with Crippen LogP contribution < -0.4 is 4.74 Å². The zero-order chi connectivity index (χ0) is 9.68. The summed E-state index contributed by atoms with van der Waals surface area (Å²) in [5.41, 5.74) is 2.46. The van der Waals surface area contributed by atoms with Crippen LogP contribution in [0.2, 0.25) is 0 Å². The number of alkyl halides is 1. The van der Waals surface area contributed by atoms with Crippen molar-refractivity contribution in [3.05, 3.63) is 29.3 Å². The molecule has 1 rings (SSSR count). The molecule has 0 aliphatic rings. The Labute approximate surface area is 84.7 Å². The van der Waals surface area contributed by atoms with Crippen molar-refractivity contribution in [3.8, 4) is 5.75 Å². The Balaban J connectivity index is 2.89. The highest BCUT2D eigenvalue weighted by atomic mass is 35.5. The number of hydrogen-bond acceptors (Lipinski definition) is 1. The number of rotatable bonds is 4. The summed E-state index contributed by atoms with van der Waals surface area (Å²) in [5, 5.41) is 0. The molecule has 0 bridgehead atoms. The number of halogens is 1. The first kappa shape index (κ1) is 10.4. The molecular weight excluding hydrogens is 184 g/mol. The largest absolute Gasteiger partial charge is 0.494 e. The molecule has 0 radical (unpaired) electrons.